The van der Waals surface area contributed by atoms with E-state index in [0.717, 1.165) is 32.2 Å². The van der Waals surface area contributed by atoms with E-state index in [-0.39, 0.29) is 0 Å². The molecule has 20 heavy (non-hydrogen) atoms. The zero-order valence-electron chi connectivity index (χ0n) is 12.1. The first-order valence-corrected chi connectivity index (χ1v) is 7.62. The number of carboxylic acids is 1. The Balaban J connectivity index is 1.67. The van der Waals surface area contributed by atoms with Crippen molar-refractivity contribution >= 4 is 5.97 Å². The third-order valence-corrected chi connectivity index (χ3v) is 4.53. The van der Waals surface area contributed by atoms with Crippen LogP contribution in [0.2, 0.25) is 0 Å². The van der Waals surface area contributed by atoms with Gasteiger partial charge in [0.15, 0.2) is 0 Å². The molecular weight excluding hydrogens is 254 g/mol. The fraction of sp³-hybridized carbons (Fsp3) is 0.733. The van der Waals surface area contributed by atoms with Crippen LogP contribution in [-0.2, 0) is 24.2 Å². The average Bonchev–Trinajstić information content (AvgIpc) is 3.14. The van der Waals surface area contributed by atoms with E-state index in [0.29, 0.717) is 12.5 Å². The Hall–Kier alpha value is -1.36. The van der Waals surface area contributed by atoms with E-state index in [2.05, 4.69) is 14.9 Å². The first-order chi connectivity index (χ1) is 9.58. The maximum Gasteiger partial charge on any atom is 0.323 e. The molecule has 3 rings (SSSR count). The van der Waals surface area contributed by atoms with Crippen LogP contribution < -0.4 is 5.32 Å². The second-order valence-corrected chi connectivity index (χ2v) is 6.34. The van der Waals surface area contributed by atoms with Crippen LogP contribution in [0.3, 0.4) is 0 Å². The van der Waals surface area contributed by atoms with Crippen molar-refractivity contribution in [3.05, 3.63) is 17.7 Å². The van der Waals surface area contributed by atoms with Crippen LogP contribution in [0.25, 0.3) is 0 Å². The Morgan fingerprint density at radius 3 is 2.95 bits per heavy atom. The maximum atomic E-state index is 11.5. The summed E-state index contributed by atoms with van der Waals surface area (Å²) >= 11 is 0. The number of aryl methyl sites for hydroxylation is 2. The van der Waals surface area contributed by atoms with Crippen LogP contribution in [0, 0.1) is 0 Å². The number of nitrogens with zero attached hydrogens (tertiary/aromatic N) is 2. The molecule has 0 amide bonds. The van der Waals surface area contributed by atoms with Gasteiger partial charge in [-0.15, -0.1) is 0 Å². The summed E-state index contributed by atoms with van der Waals surface area (Å²) in [6, 6.07) is 0.396. The third kappa shape index (κ3) is 2.73. The normalized spacial score (nSPS) is 21.2. The molecule has 5 heteroatoms. The highest BCUT2D eigenvalue weighted by Crippen LogP contribution is 2.26. The molecule has 1 unspecified atom stereocenters. The van der Waals surface area contributed by atoms with Gasteiger partial charge < -0.3 is 9.67 Å². The number of aromatic nitrogens is 2. The van der Waals surface area contributed by atoms with E-state index in [4.69, 9.17) is 0 Å². The summed E-state index contributed by atoms with van der Waals surface area (Å²) < 4.78 is 2.16. The zero-order chi connectivity index (χ0) is 14.2. The summed E-state index contributed by atoms with van der Waals surface area (Å²) in [5, 5.41) is 12.8. The molecule has 1 fully saturated rings. The van der Waals surface area contributed by atoms with E-state index >= 15 is 0 Å². The molecular formula is C15H23N3O2. The summed E-state index contributed by atoms with van der Waals surface area (Å²) in [6.07, 6.45) is 9.27. The minimum atomic E-state index is -0.826. The monoisotopic (exact) mass is 277 g/mol. The lowest BCUT2D eigenvalue weighted by Gasteiger charge is -2.27. The molecule has 5 nitrogen and oxygen atoms in total. The molecule has 0 bridgehead atoms. The molecule has 2 N–H and O–H groups in total. The topological polar surface area (TPSA) is 67.2 Å². The van der Waals surface area contributed by atoms with Crippen LogP contribution in [0.4, 0.5) is 0 Å². The first-order valence-electron chi connectivity index (χ1n) is 7.62. The largest absolute Gasteiger partial charge is 0.480 e. The number of imidazole rings is 1. The van der Waals surface area contributed by atoms with E-state index in [9.17, 15) is 9.90 Å². The summed E-state index contributed by atoms with van der Waals surface area (Å²) in [7, 11) is 0. The van der Waals surface area contributed by atoms with Crippen molar-refractivity contribution in [2.75, 3.05) is 0 Å². The van der Waals surface area contributed by atoms with Crippen LogP contribution in [-0.4, -0.2) is 32.2 Å². The molecule has 0 aliphatic heterocycles. The van der Waals surface area contributed by atoms with Gasteiger partial charge in [0, 0.05) is 18.3 Å². The van der Waals surface area contributed by atoms with Gasteiger partial charge in [-0.25, -0.2) is 4.98 Å². The summed E-state index contributed by atoms with van der Waals surface area (Å²) in [5.74, 6) is -0.751. The van der Waals surface area contributed by atoms with Crippen LogP contribution in [0.15, 0.2) is 6.33 Å². The zero-order valence-corrected chi connectivity index (χ0v) is 12.1. The minimum absolute atomic E-state index is 0.396. The molecule has 0 radical (unpaired) electrons. The summed E-state index contributed by atoms with van der Waals surface area (Å²) in [6.45, 7) is 2.53. The molecule has 2 aliphatic rings. The number of hydrogen-bond acceptors (Lipinski definition) is 3. The summed E-state index contributed by atoms with van der Waals surface area (Å²) in [5.41, 5.74) is 1.70. The number of hydrogen-bond donors (Lipinski definition) is 2. The highest BCUT2D eigenvalue weighted by Gasteiger charge is 2.38. The quantitative estimate of drug-likeness (QED) is 0.831. The van der Waals surface area contributed by atoms with Gasteiger partial charge in [-0.2, -0.15) is 0 Å². The third-order valence-electron chi connectivity index (χ3n) is 4.53. The molecule has 0 aromatic carbocycles. The minimum Gasteiger partial charge on any atom is -0.480 e. The molecule has 1 aromatic heterocycles. The summed E-state index contributed by atoms with van der Waals surface area (Å²) in [4.78, 5) is 16.0. The maximum absolute atomic E-state index is 11.5. The average molecular weight is 277 g/mol. The Kier molecular flexibility index (Phi) is 3.54. The van der Waals surface area contributed by atoms with Gasteiger partial charge in [-0.3, -0.25) is 10.1 Å². The fourth-order valence-electron chi connectivity index (χ4n) is 2.99. The van der Waals surface area contributed by atoms with Crippen molar-refractivity contribution in [3.8, 4) is 0 Å². The Morgan fingerprint density at radius 1 is 1.50 bits per heavy atom. The fourth-order valence-corrected chi connectivity index (χ4v) is 2.99. The predicted molar refractivity (Wildman–Crippen MR) is 75.7 cm³/mol. The molecule has 1 saturated carbocycles. The van der Waals surface area contributed by atoms with Crippen molar-refractivity contribution in [1.29, 1.82) is 0 Å². The van der Waals surface area contributed by atoms with Gasteiger partial charge in [0.2, 0.25) is 0 Å². The second-order valence-electron chi connectivity index (χ2n) is 6.34. The van der Waals surface area contributed by atoms with Crippen molar-refractivity contribution in [2.45, 2.75) is 70.0 Å². The van der Waals surface area contributed by atoms with Gasteiger partial charge in [0.1, 0.15) is 5.54 Å². The number of carbonyl (C=O) groups is 1. The Labute approximate surface area is 119 Å². The van der Waals surface area contributed by atoms with Crippen molar-refractivity contribution in [2.24, 2.45) is 0 Å². The molecule has 1 heterocycles. The highest BCUT2D eigenvalue weighted by molar-refractivity contribution is 5.78. The molecule has 1 atom stereocenters. The predicted octanol–water partition coefficient (Wildman–Crippen LogP) is 1.75. The van der Waals surface area contributed by atoms with Crippen LogP contribution in [0.5, 0.6) is 0 Å². The molecule has 2 aliphatic carbocycles. The van der Waals surface area contributed by atoms with Gasteiger partial charge >= 0.3 is 5.97 Å². The lowest BCUT2D eigenvalue weighted by Crippen LogP contribution is -2.51. The number of fused-ring (bicyclic) bond motifs is 1. The van der Waals surface area contributed by atoms with Crippen molar-refractivity contribution in [3.63, 3.8) is 0 Å². The number of rotatable bonds is 6. The van der Waals surface area contributed by atoms with Gasteiger partial charge in [-0.05, 0) is 51.9 Å². The molecule has 1 aromatic rings. The highest BCUT2D eigenvalue weighted by atomic mass is 16.4. The number of carboxylic acid groups (broad SMARTS) is 1. The van der Waals surface area contributed by atoms with Crippen LogP contribution in [0.1, 0.15) is 50.4 Å². The molecule has 110 valence electrons. The number of nitrogens with one attached hydrogen (secondary N) is 1. The second kappa shape index (κ2) is 5.20. The molecule has 0 saturated heterocycles. The van der Waals surface area contributed by atoms with Crippen molar-refractivity contribution in [1.82, 2.24) is 14.9 Å². The van der Waals surface area contributed by atoms with Gasteiger partial charge in [0.25, 0.3) is 0 Å². The van der Waals surface area contributed by atoms with E-state index in [1.54, 1.807) is 6.92 Å². The van der Waals surface area contributed by atoms with E-state index in [1.165, 1.54) is 24.2 Å². The Bertz CT molecular complexity index is 507. The number of aliphatic carboxylic acids is 1. The SMILES string of the molecule is CC(CCn1cnc2c1CCCC2)(NC1CC1)C(=O)O. The lowest BCUT2D eigenvalue weighted by atomic mass is 9.97. The van der Waals surface area contributed by atoms with E-state index in [1.807, 2.05) is 6.33 Å². The van der Waals surface area contributed by atoms with Crippen molar-refractivity contribution < 1.29 is 9.90 Å². The molecule has 0 spiro atoms. The standard InChI is InChI=1S/C15H23N3O2/c1-15(14(19)20,17-11-6-7-11)8-9-18-10-16-12-4-2-3-5-13(12)18/h10-11,17H,2-9H2,1H3,(H,19,20). The Morgan fingerprint density at radius 2 is 2.25 bits per heavy atom. The van der Waals surface area contributed by atoms with E-state index < -0.39 is 11.5 Å². The first kappa shape index (κ1) is 13.6. The smallest absolute Gasteiger partial charge is 0.323 e. The van der Waals surface area contributed by atoms with Gasteiger partial charge in [-0.1, -0.05) is 0 Å². The van der Waals surface area contributed by atoms with Gasteiger partial charge in [0.05, 0.1) is 12.0 Å². The lowest BCUT2D eigenvalue weighted by molar-refractivity contribution is -0.144. The van der Waals surface area contributed by atoms with Crippen LogP contribution >= 0.6 is 0 Å².